The van der Waals surface area contributed by atoms with Gasteiger partial charge in [-0.15, -0.1) is 0 Å². The van der Waals surface area contributed by atoms with Crippen LogP contribution in [0.5, 0.6) is 0 Å². The van der Waals surface area contributed by atoms with Crippen molar-refractivity contribution in [3.8, 4) is 12.5 Å². The van der Waals surface area contributed by atoms with Crippen LogP contribution in [0.25, 0.3) is 6.08 Å². The van der Waals surface area contributed by atoms with Crippen molar-refractivity contribution in [1.29, 1.82) is 0 Å². The van der Waals surface area contributed by atoms with E-state index in [9.17, 15) is 14.4 Å². The summed E-state index contributed by atoms with van der Waals surface area (Å²) in [6, 6.07) is 12.4. The Bertz CT molecular complexity index is 1210. The number of terminal acetylenes is 1. The fourth-order valence-corrected chi connectivity index (χ4v) is 4.06. The van der Waals surface area contributed by atoms with Gasteiger partial charge in [0.25, 0.3) is 11.8 Å². The number of rotatable bonds is 9. The van der Waals surface area contributed by atoms with E-state index in [0.717, 1.165) is 16.0 Å². The number of amides is 3. The smallest absolute Gasteiger partial charge is 0.408 e. The van der Waals surface area contributed by atoms with Crippen molar-refractivity contribution < 1.29 is 19.1 Å². The van der Waals surface area contributed by atoms with Crippen molar-refractivity contribution in [1.82, 2.24) is 10.2 Å². The van der Waals surface area contributed by atoms with Gasteiger partial charge in [0.2, 0.25) is 0 Å². The summed E-state index contributed by atoms with van der Waals surface area (Å²) in [5, 5.41) is 5.84. The van der Waals surface area contributed by atoms with Gasteiger partial charge in [-0.25, -0.2) is 4.79 Å². The van der Waals surface area contributed by atoms with Gasteiger partial charge in [-0.1, -0.05) is 81.3 Å². The molecule has 0 saturated carbocycles. The Labute approximate surface area is 230 Å². The molecule has 3 unspecified atom stereocenters. The summed E-state index contributed by atoms with van der Waals surface area (Å²) < 4.78 is 5.38. The first kappa shape index (κ1) is 30.5. The first-order valence-electron chi connectivity index (χ1n) is 12.4. The molecule has 0 fully saturated rings. The number of carbonyl (C=O) groups is 3. The predicted molar refractivity (Wildman–Crippen MR) is 152 cm³/mol. The first-order valence-corrected chi connectivity index (χ1v) is 12.8. The van der Waals surface area contributed by atoms with Crippen LogP contribution in [0.4, 0.5) is 10.5 Å². The van der Waals surface area contributed by atoms with Crippen molar-refractivity contribution in [3.05, 3.63) is 70.8 Å². The van der Waals surface area contributed by atoms with Crippen LogP contribution in [-0.2, 0) is 14.3 Å². The number of ether oxygens (including phenoxy) is 1. The summed E-state index contributed by atoms with van der Waals surface area (Å²) in [4.78, 5) is 41.3. The summed E-state index contributed by atoms with van der Waals surface area (Å²) in [5.41, 5.74) is 1.60. The van der Waals surface area contributed by atoms with Gasteiger partial charge in [0.15, 0.2) is 0 Å². The second-order valence-corrected chi connectivity index (χ2v) is 10.5. The summed E-state index contributed by atoms with van der Waals surface area (Å²) in [5.74, 6) is -1.48. The Kier molecular flexibility index (Phi) is 10.5. The lowest BCUT2D eigenvalue weighted by atomic mass is 9.95. The standard InChI is InChI=1S/C30H36ClN3O4/c1-9-19(4)25(33-29(37)38-30(6,7)8)28(36)34(11-3)26(22-16-13-15-21(10-2)18-22)27(35)32-24-20(5)14-12-17-23(24)31/h3,10,12-19,25-26H,2,9H2,1,4-8H3,(H,32,35)(H,33,37). The molecular weight excluding hydrogens is 502 g/mol. The van der Waals surface area contributed by atoms with Gasteiger partial charge < -0.3 is 15.4 Å². The molecular formula is C30H36ClN3O4. The maximum Gasteiger partial charge on any atom is 0.408 e. The average Bonchev–Trinajstić information content (AvgIpc) is 2.86. The molecule has 2 aromatic carbocycles. The van der Waals surface area contributed by atoms with E-state index in [1.807, 2.05) is 32.9 Å². The van der Waals surface area contributed by atoms with Gasteiger partial charge in [0.05, 0.1) is 10.7 Å². The number of anilines is 1. The van der Waals surface area contributed by atoms with Crippen LogP contribution in [0.1, 0.15) is 63.8 Å². The minimum atomic E-state index is -1.23. The number of carbonyl (C=O) groups excluding carboxylic acids is 3. The third kappa shape index (κ3) is 7.87. The molecule has 0 heterocycles. The maximum atomic E-state index is 13.9. The number of benzene rings is 2. The third-order valence-electron chi connectivity index (χ3n) is 5.97. The highest BCUT2D eigenvalue weighted by molar-refractivity contribution is 6.34. The van der Waals surface area contributed by atoms with Gasteiger partial charge >= 0.3 is 6.09 Å². The molecule has 2 N–H and O–H groups in total. The van der Waals surface area contributed by atoms with E-state index in [4.69, 9.17) is 22.8 Å². The number of nitrogens with zero attached hydrogens (tertiary/aromatic N) is 1. The molecule has 0 aliphatic carbocycles. The van der Waals surface area contributed by atoms with Crippen molar-refractivity contribution in [2.45, 2.75) is 65.6 Å². The van der Waals surface area contributed by atoms with E-state index in [0.29, 0.717) is 22.7 Å². The Morgan fingerprint density at radius 1 is 1.21 bits per heavy atom. The van der Waals surface area contributed by atoms with Gasteiger partial charge in [0.1, 0.15) is 17.7 Å². The SMILES string of the molecule is C#CN(C(=O)C(NC(=O)OC(C)(C)C)C(C)CC)C(C(=O)Nc1c(C)cccc1Cl)c1cccc(C=C)c1. The van der Waals surface area contributed by atoms with Crippen LogP contribution in [0.2, 0.25) is 5.02 Å². The van der Waals surface area contributed by atoms with Gasteiger partial charge in [0, 0.05) is 6.04 Å². The van der Waals surface area contributed by atoms with Crippen LogP contribution in [0.15, 0.2) is 49.0 Å². The van der Waals surface area contributed by atoms with Crippen LogP contribution >= 0.6 is 11.6 Å². The molecule has 0 spiro atoms. The number of alkyl carbamates (subject to hydrolysis) is 1. The first-order chi connectivity index (χ1) is 17.8. The fraction of sp³-hybridized carbons (Fsp3) is 0.367. The third-order valence-corrected chi connectivity index (χ3v) is 6.28. The number of nitrogens with one attached hydrogen (secondary N) is 2. The molecule has 8 heteroatoms. The molecule has 0 saturated heterocycles. The lowest BCUT2D eigenvalue weighted by Crippen LogP contribution is -2.53. The molecule has 0 aromatic heterocycles. The van der Waals surface area contributed by atoms with Crippen LogP contribution in [0.3, 0.4) is 0 Å². The monoisotopic (exact) mass is 537 g/mol. The summed E-state index contributed by atoms with van der Waals surface area (Å²) in [6.45, 7) is 14.5. The molecule has 0 aliphatic heterocycles. The van der Waals surface area contributed by atoms with Gasteiger partial charge in [-0.3, -0.25) is 14.5 Å². The van der Waals surface area contributed by atoms with E-state index < -0.39 is 35.6 Å². The molecule has 2 rings (SSSR count). The molecule has 7 nitrogen and oxygen atoms in total. The maximum absolute atomic E-state index is 13.9. The van der Waals surface area contributed by atoms with Crippen molar-refractivity contribution >= 4 is 41.3 Å². The largest absolute Gasteiger partial charge is 0.444 e. The van der Waals surface area contributed by atoms with E-state index >= 15 is 0 Å². The Balaban J connectivity index is 2.56. The fourth-order valence-electron chi connectivity index (χ4n) is 3.79. The highest BCUT2D eigenvalue weighted by Gasteiger charge is 2.38. The van der Waals surface area contributed by atoms with Crippen molar-refractivity contribution in [2.75, 3.05) is 5.32 Å². The summed E-state index contributed by atoms with van der Waals surface area (Å²) in [6.07, 6.45) is 7.31. The molecule has 3 amide bonds. The molecule has 202 valence electrons. The van der Waals surface area contributed by atoms with Gasteiger partial charge in [-0.2, -0.15) is 0 Å². The van der Waals surface area contributed by atoms with Crippen molar-refractivity contribution in [3.63, 3.8) is 0 Å². The molecule has 0 aliphatic rings. The average molecular weight is 538 g/mol. The van der Waals surface area contributed by atoms with Crippen LogP contribution in [0, 0.1) is 25.3 Å². The van der Waals surface area contributed by atoms with E-state index in [1.54, 1.807) is 57.2 Å². The number of para-hydroxylation sites is 1. The highest BCUT2D eigenvalue weighted by Crippen LogP contribution is 2.30. The topological polar surface area (TPSA) is 87.7 Å². The molecule has 2 aromatic rings. The number of aryl methyl sites for hydroxylation is 1. The summed E-state index contributed by atoms with van der Waals surface area (Å²) >= 11 is 6.36. The van der Waals surface area contributed by atoms with Crippen LogP contribution < -0.4 is 10.6 Å². The zero-order chi connectivity index (χ0) is 28.6. The lowest BCUT2D eigenvalue weighted by molar-refractivity contribution is -0.137. The number of hydrogen-bond acceptors (Lipinski definition) is 4. The van der Waals surface area contributed by atoms with E-state index in [1.165, 1.54) is 0 Å². The highest BCUT2D eigenvalue weighted by atomic mass is 35.5. The second-order valence-electron chi connectivity index (χ2n) is 10.0. The zero-order valence-electron chi connectivity index (χ0n) is 22.8. The number of halogens is 1. The predicted octanol–water partition coefficient (Wildman–Crippen LogP) is 6.33. The quantitative estimate of drug-likeness (QED) is 0.289. The molecule has 38 heavy (non-hydrogen) atoms. The van der Waals surface area contributed by atoms with E-state index in [2.05, 4.69) is 23.3 Å². The Hall–Kier alpha value is -3.76. The van der Waals surface area contributed by atoms with Crippen LogP contribution in [-0.4, -0.2) is 34.5 Å². The summed E-state index contributed by atoms with van der Waals surface area (Å²) in [7, 11) is 0. The lowest BCUT2D eigenvalue weighted by Gasteiger charge is -2.32. The van der Waals surface area contributed by atoms with E-state index in [-0.39, 0.29) is 5.92 Å². The molecule has 3 atom stereocenters. The second kappa shape index (κ2) is 13.2. The van der Waals surface area contributed by atoms with Crippen molar-refractivity contribution in [2.24, 2.45) is 5.92 Å². The normalized spacial score (nSPS) is 13.3. The minimum Gasteiger partial charge on any atom is -0.444 e. The Morgan fingerprint density at radius 3 is 2.42 bits per heavy atom. The Morgan fingerprint density at radius 2 is 1.87 bits per heavy atom. The van der Waals surface area contributed by atoms with Gasteiger partial charge in [-0.05, 0) is 62.4 Å². The molecule has 0 radical (unpaired) electrons. The zero-order valence-corrected chi connectivity index (χ0v) is 23.6. The molecule has 0 bridgehead atoms. The minimum absolute atomic E-state index is 0.306. The number of hydrogen-bond donors (Lipinski definition) is 2.